The molecule has 0 atom stereocenters. The fraction of sp³-hybridized carbons (Fsp3) is 0.333. The molecule has 2 N–H and O–H groups in total. The molecule has 0 amide bonds. The van der Waals surface area contributed by atoms with Crippen molar-refractivity contribution in [2.75, 3.05) is 25.5 Å². The average Bonchev–Trinajstić information content (AvgIpc) is 2.52. The molecule has 0 aliphatic heterocycles. The summed E-state index contributed by atoms with van der Waals surface area (Å²) < 4.78 is 26.3. The third kappa shape index (κ3) is 4.41. The Morgan fingerprint density at radius 2 is 2.00 bits per heavy atom. The van der Waals surface area contributed by atoms with E-state index in [-0.39, 0.29) is 24.6 Å². The monoisotopic (exact) mass is 370 g/mol. The van der Waals surface area contributed by atoms with Crippen molar-refractivity contribution in [3.63, 3.8) is 0 Å². The summed E-state index contributed by atoms with van der Waals surface area (Å²) in [6, 6.07) is 8.26. The maximum absolute atomic E-state index is 12.6. The van der Waals surface area contributed by atoms with Crippen LogP contribution in [0, 0.1) is 6.92 Å². The smallest absolute Gasteiger partial charge is 0.243 e. The molecule has 0 unspecified atom stereocenters. The van der Waals surface area contributed by atoms with Crippen LogP contribution in [0.4, 0.5) is 5.82 Å². The molecule has 7 nitrogen and oxygen atoms in total. The van der Waals surface area contributed by atoms with Gasteiger partial charge in [0, 0.05) is 26.2 Å². The minimum Gasteiger partial charge on any atom is -0.395 e. The fourth-order valence-electron chi connectivity index (χ4n) is 2.14. The van der Waals surface area contributed by atoms with Crippen LogP contribution >= 0.6 is 11.6 Å². The maximum Gasteiger partial charge on any atom is 0.243 e. The highest BCUT2D eigenvalue weighted by atomic mass is 35.5. The van der Waals surface area contributed by atoms with Gasteiger partial charge >= 0.3 is 0 Å². The van der Waals surface area contributed by atoms with Crippen molar-refractivity contribution in [3.8, 4) is 0 Å². The first-order valence-electron chi connectivity index (χ1n) is 7.24. The highest BCUT2D eigenvalue weighted by Crippen LogP contribution is 2.20. The molecule has 130 valence electrons. The normalized spacial score (nSPS) is 11.7. The Hall–Kier alpha value is -1.74. The van der Waals surface area contributed by atoms with Crippen LogP contribution in [0.25, 0.3) is 0 Å². The van der Waals surface area contributed by atoms with E-state index >= 15 is 0 Å². The summed E-state index contributed by atoms with van der Waals surface area (Å²) in [6.07, 6.45) is 0. The van der Waals surface area contributed by atoms with E-state index in [2.05, 4.69) is 15.3 Å². The van der Waals surface area contributed by atoms with Gasteiger partial charge in [0.25, 0.3) is 0 Å². The van der Waals surface area contributed by atoms with E-state index < -0.39 is 10.0 Å². The van der Waals surface area contributed by atoms with Gasteiger partial charge in [0.15, 0.2) is 0 Å². The number of halogens is 1. The molecule has 9 heteroatoms. The third-order valence-electron chi connectivity index (χ3n) is 3.34. The molecule has 0 bridgehead atoms. The maximum atomic E-state index is 12.6. The van der Waals surface area contributed by atoms with Crippen molar-refractivity contribution in [1.29, 1.82) is 0 Å². The van der Waals surface area contributed by atoms with Crippen molar-refractivity contribution in [2.45, 2.75) is 18.4 Å². The lowest BCUT2D eigenvalue weighted by Gasteiger charge is -2.18. The van der Waals surface area contributed by atoms with Crippen LogP contribution < -0.4 is 5.32 Å². The number of sulfonamides is 1. The van der Waals surface area contributed by atoms with Gasteiger partial charge in [0.05, 0.1) is 11.5 Å². The molecule has 24 heavy (non-hydrogen) atoms. The largest absolute Gasteiger partial charge is 0.395 e. The molecule has 0 radical (unpaired) electrons. The number of aliphatic hydroxyl groups is 1. The number of aliphatic hydroxyl groups excluding tert-OH is 1. The zero-order valence-electron chi connectivity index (χ0n) is 13.4. The van der Waals surface area contributed by atoms with Crippen LogP contribution in [0.2, 0.25) is 5.15 Å². The predicted molar refractivity (Wildman–Crippen MR) is 92.4 cm³/mol. The topological polar surface area (TPSA) is 95.4 Å². The second-order valence-electron chi connectivity index (χ2n) is 5.13. The minimum absolute atomic E-state index is 0.0325. The summed E-state index contributed by atoms with van der Waals surface area (Å²) in [4.78, 5) is 8.37. The molecule has 0 saturated carbocycles. The molecule has 2 aromatic rings. The van der Waals surface area contributed by atoms with Crippen molar-refractivity contribution >= 4 is 27.4 Å². The lowest BCUT2D eigenvalue weighted by atomic mass is 10.2. The van der Waals surface area contributed by atoms with E-state index in [1.807, 2.05) is 0 Å². The minimum atomic E-state index is -3.68. The lowest BCUT2D eigenvalue weighted by molar-refractivity contribution is 0.266. The highest BCUT2D eigenvalue weighted by molar-refractivity contribution is 7.89. The van der Waals surface area contributed by atoms with Crippen molar-refractivity contribution in [2.24, 2.45) is 0 Å². The Morgan fingerprint density at radius 1 is 1.29 bits per heavy atom. The highest BCUT2D eigenvalue weighted by Gasteiger charge is 2.23. The number of benzene rings is 1. The Bertz CT molecular complexity index is 794. The predicted octanol–water partition coefficient (Wildman–Crippen LogP) is 1.66. The summed E-state index contributed by atoms with van der Waals surface area (Å²) in [5, 5.41) is 12.3. The number of likely N-dealkylation sites (N-methyl/N-ethyl adjacent to an activating group) is 1. The molecule has 0 aliphatic carbocycles. The summed E-state index contributed by atoms with van der Waals surface area (Å²) >= 11 is 5.89. The van der Waals surface area contributed by atoms with Gasteiger partial charge in [-0.1, -0.05) is 29.8 Å². The number of hydrogen-bond acceptors (Lipinski definition) is 6. The SMILES string of the molecule is Cc1nc(Cl)cc(NCc2ccccc2S(=O)(=O)N(C)CCO)n1. The number of aromatic nitrogens is 2. The molecule has 0 fully saturated rings. The van der Waals surface area contributed by atoms with E-state index in [1.165, 1.54) is 7.05 Å². The van der Waals surface area contributed by atoms with Gasteiger partial charge in [-0.15, -0.1) is 0 Å². The lowest BCUT2D eigenvalue weighted by Crippen LogP contribution is -2.30. The van der Waals surface area contributed by atoms with E-state index in [0.717, 1.165) is 4.31 Å². The molecule has 0 spiro atoms. The molecule has 1 heterocycles. The van der Waals surface area contributed by atoms with Crippen molar-refractivity contribution < 1.29 is 13.5 Å². The van der Waals surface area contributed by atoms with Crippen LogP contribution in [0.3, 0.4) is 0 Å². The molecule has 1 aromatic carbocycles. The van der Waals surface area contributed by atoms with Gasteiger partial charge in [0.1, 0.15) is 16.8 Å². The van der Waals surface area contributed by atoms with Crippen LogP contribution in [-0.2, 0) is 16.6 Å². The standard InChI is InChI=1S/C15H19ClN4O3S/c1-11-18-14(16)9-15(19-11)17-10-12-5-3-4-6-13(12)24(22,23)20(2)7-8-21/h3-6,9,21H,7-8,10H2,1-2H3,(H,17,18,19). The molecular weight excluding hydrogens is 352 g/mol. The zero-order chi connectivity index (χ0) is 17.7. The summed E-state index contributed by atoms with van der Waals surface area (Å²) in [6.45, 7) is 1.77. The summed E-state index contributed by atoms with van der Waals surface area (Å²) in [7, 11) is -2.24. The summed E-state index contributed by atoms with van der Waals surface area (Å²) in [5.41, 5.74) is 0.592. The fourth-order valence-corrected chi connectivity index (χ4v) is 3.74. The molecule has 1 aromatic heterocycles. The Morgan fingerprint density at radius 3 is 2.67 bits per heavy atom. The average molecular weight is 371 g/mol. The number of nitrogens with zero attached hydrogens (tertiary/aromatic N) is 3. The van der Waals surface area contributed by atoms with Gasteiger partial charge < -0.3 is 10.4 Å². The Balaban J connectivity index is 2.26. The number of aryl methyl sites for hydroxylation is 1. The van der Waals surface area contributed by atoms with Crippen LogP contribution in [0.5, 0.6) is 0 Å². The van der Waals surface area contributed by atoms with Crippen LogP contribution in [-0.4, -0.2) is 48.0 Å². The van der Waals surface area contributed by atoms with Crippen LogP contribution in [0.1, 0.15) is 11.4 Å². The number of anilines is 1. The number of nitrogens with one attached hydrogen (secondary N) is 1. The molecule has 0 aliphatic rings. The zero-order valence-corrected chi connectivity index (χ0v) is 15.0. The molecule has 2 rings (SSSR count). The van der Waals surface area contributed by atoms with E-state index in [0.29, 0.717) is 22.4 Å². The van der Waals surface area contributed by atoms with Gasteiger partial charge in [-0.25, -0.2) is 18.4 Å². The van der Waals surface area contributed by atoms with E-state index in [1.54, 1.807) is 37.3 Å². The van der Waals surface area contributed by atoms with Gasteiger partial charge in [-0.05, 0) is 18.6 Å². The van der Waals surface area contributed by atoms with Crippen molar-refractivity contribution in [1.82, 2.24) is 14.3 Å². The molecule has 0 saturated heterocycles. The summed E-state index contributed by atoms with van der Waals surface area (Å²) in [5.74, 6) is 1.04. The second kappa shape index (κ2) is 7.89. The van der Waals surface area contributed by atoms with Crippen molar-refractivity contribution in [3.05, 3.63) is 46.9 Å². The first-order chi connectivity index (χ1) is 11.3. The van der Waals surface area contributed by atoms with Gasteiger partial charge in [-0.3, -0.25) is 0 Å². The van der Waals surface area contributed by atoms with E-state index in [9.17, 15) is 8.42 Å². The van der Waals surface area contributed by atoms with Gasteiger partial charge in [0.2, 0.25) is 10.0 Å². The third-order valence-corrected chi connectivity index (χ3v) is 5.49. The van der Waals surface area contributed by atoms with Gasteiger partial charge in [-0.2, -0.15) is 4.31 Å². The molecular formula is C15H19ClN4O3S. The Labute approximate surface area is 146 Å². The first-order valence-corrected chi connectivity index (χ1v) is 9.06. The van der Waals surface area contributed by atoms with E-state index in [4.69, 9.17) is 16.7 Å². The van der Waals surface area contributed by atoms with Crippen LogP contribution in [0.15, 0.2) is 35.2 Å². The second-order valence-corrected chi connectivity index (χ2v) is 7.54. The number of hydrogen-bond donors (Lipinski definition) is 2. The Kier molecular flexibility index (Phi) is 6.11. The first kappa shape index (κ1) is 18.6. The number of rotatable bonds is 7. The quantitative estimate of drug-likeness (QED) is 0.720.